The maximum Gasteiger partial charge on any atom is 0.160 e. The third kappa shape index (κ3) is 13.7. The lowest BCUT2D eigenvalue weighted by molar-refractivity contribution is 0.669. The Morgan fingerprint density at radius 2 is 0.562 bits per heavy atom. The van der Waals surface area contributed by atoms with Gasteiger partial charge in [0.2, 0.25) is 0 Å². The molecule has 0 N–H and O–H groups in total. The third-order valence-corrected chi connectivity index (χ3v) is 30.9. The highest BCUT2D eigenvalue weighted by atomic mass is 32.1. The topological polar surface area (TPSA) is 122 Å². The molecular formula is C132H77N7O3S2. The molecule has 0 radical (unpaired) electrons. The molecule has 0 aliphatic heterocycles. The largest absolute Gasteiger partial charge is 0.456 e. The molecule has 10 nitrogen and oxygen atoms in total. The molecule has 0 unspecified atom stereocenters. The first kappa shape index (κ1) is 82.4. The van der Waals surface area contributed by atoms with Crippen molar-refractivity contribution in [2.75, 3.05) is 0 Å². The zero-order chi connectivity index (χ0) is 94.6. The number of hydrogen-bond donors (Lipinski definition) is 0. The predicted molar refractivity (Wildman–Crippen MR) is 602 cm³/mol. The molecule has 670 valence electrons. The molecule has 0 amide bonds. The first-order valence-electron chi connectivity index (χ1n) is 48.4. The summed E-state index contributed by atoms with van der Waals surface area (Å²) in [7, 11) is 0. The number of aromatic nitrogens is 7. The minimum Gasteiger partial charge on any atom is -0.456 e. The van der Waals surface area contributed by atoms with Crippen molar-refractivity contribution in [2.24, 2.45) is 0 Å². The number of furan rings is 3. The van der Waals surface area contributed by atoms with Crippen molar-refractivity contribution < 1.29 is 13.3 Å². The van der Waals surface area contributed by atoms with Crippen LogP contribution in [0.1, 0.15) is 0 Å². The molecule has 0 bridgehead atoms. The Balaban J connectivity index is 0.000000103. The fourth-order valence-electron chi connectivity index (χ4n) is 21.7. The van der Waals surface area contributed by atoms with E-state index in [4.69, 9.17) is 43.2 Å². The summed E-state index contributed by atoms with van der Waals surface area (Å²) in [6.07, 6.45) is 0. The third-order valence-electron chi connectivity index (χ3n) is 28.5. The van der Waals surface area contributed by atoms with E-state index < -0.39 is 0 Å². The monoisotopic (exact) mass is 1870 g/mol. The Kier molecular flexibility index (Phi) is 19.2. The fraction of sp³-hybridized carbons (Fsp3) is 0. The standard InChI is InChI=1S/C48H29N3O.2C42H24N2OS/c1-3-13-31(14-4-1)45-39-25-27-43-44(38-24-22-30-12-7-8-19-36(30)47(38)52-43)46(39)50-48(49-45)34-16-11-15-32(28-34)33-23-26-42-40(29-33)37-20-9-10-21-41(37)51(42)35-17-5-2-6-18-35;1-2-10-26(11-3-1)39-33-20-22-37-38(32-19-17-25-9-4-5-14-30(25)41(32)46-37)40(33)44-42(43-39)29-13-8-12-27(23-29)28-18-21-36-34(24-28)31-15-6-7-16-35(31)45-36;1-2-9-27(10-3-1)39-33-21-22-35-38(32-20-18-26-8-4-5-11-30(26)41(32)45-35)40(33)44-42(43-39)28-16-14-25(15-17-28)29-19-23-37-34(24-29)31-12-6-7-13-36(31)46-37/h1-29H;2*1-24H. The van der Waals surface area contributed by atoms with Gasteiger partial charge in [-0.05, 0) is 182 Å². The number of fused-ring (bicyclic) bond motifs is 30. The maximum absolute atomic E-state index is 6.58. The normalized spacial score (nSPS) is 11.9. The Labute approximate surface area is 831 Å². The van der Waals surface area contributed by atoms with Crippen molar-refractivity contribution in [2.45, 2.75) is 0 Å². The second kappa shape index (κ2) is 33.5. The second-order valence-corrected chi connectivity index (χ2v) is 39.0. The van der Waals surface area contributed by atoms with Crippen LogP contribution in [0.4, 0.5) is 0 Å². The first-order chi connectivity index (χ1) is 71.3. The number of nitrogens with zero attached hydrogens (tertiary/aromatic N) is 7. The second-order valence-electron chi connectivity index (χ2n) is 36.9. The van der Waals surface area contributed by atoms with E-state index in [-0.39, 0.29) is 0 Å². The van der Waals surface area contributed by atoms with Gasteiger partial charge in [0.1, 0.15) is 33.5 Å². The lowest BCUT2D eigenvalue weighted by atomic mass is 9.99. The van der Waals surface area contributed by atoms with Gasteiger partial charge in [-0.2, -0.15) is 0 Å². The average molecular weight is 1870 g/mol. The fourth-order valence-corrected chi connectivity index (χ4v) is 24.0. The summed E-state index contributed by atoms with van der Waals surface area (Å²) in [5.74, 6) is 2.09. The molecule has 0 saturated carbocycles. The van der Waals surface area contributed by atoms with Gasteiger partial charge in [0.05, 0.1) is 55.4 Å². The van der Waals surface area contributed by atoms with E-state index in [0.29, 0.717) is 11.6 Å². The molecule has 0 aliphatic carbocycles. The molecule has 144 heavy (non-hydrogen) atoms. The van der Waals surface area contributed by atoms with Gasteiger partial charge in [0.15, 0.2) is 17.5 Å². The van der Waals surface area contributed by atoms with Crippen LogP contribution < -0.4 is 0 Å². The van der Waals surface area contributed by atoms with E-state index in [0.717, 1.165) is 204 Å². The molecule has 0 saturated heterocycles. The summed E-state index contributed by atoms with van der Waals surface area (Å²) >= 11 is 3.69. The van der Waals surface area contributed by atoms with Crippen LogP contribution in [0.3, 0.4) is 0 Å². The van der Waals surface area contributed by atoms with Crippen molar-refractivity contribution in [3.8, 4) is 107 Å². The van der Waals surface area contributed by atoms with Crippen LogP contribution in [0, 0.1) is 0 Å². The van der Waals surface area contributed by atoms with Crippen LogP contribution in [0.2, 0.25) is 0 Å². The van der Waals surface area contributed by atoms with Crippen LogP contribution >= 0.6 is 22.7 Å². The number of hydrogen-bond acceptors (Lipinski definition) is 11. The predicted octanol–water partition coefficient (Wildman–Crippen LogP) is 36.9. The van der Waals surface area contributed by atoms with E-state index in [1.807, 2.05) is 53.0 Å². The van der Waals surface area contributed by atoms with E-state index in [1.54, 1.807) is 0 Å². The molecule has 22 aromatic carbocycles. The maximum atomic E-state index is 6.58. The molecule has 9 aromatic heterocycles. The van der Waals surface area contributed by atoms with Gasteiger partial charge in [-0.15, -0.1) is 22.7 Å². The molecule has 12 heteroatoms. The quantitative estimate of drug-likeness (QED) is 0.132. The van der Waals surface area contributed by atoms with E-state index in [2.05, 4.69) is 441 Å². The van der Waals surface area contributed by atoms with Crippen LogP contribution in [0.5, 0.6) is 0 Å². The van der Waals surface area contributed by atoms with Gasteiger partial charge in [0.25, 0.3) is 0 Å². The summed E-state index contributed by atoms with van der Waals surface area (Å²) in [5.41, 5.74) is 27.2. The van der Waals surface area contributed by atoms with Crippen LogP contribution in [0.15, 0.2) is 480 Å². The summed E-state index contributed by atoms with van der Waals surface area (Å²) in [5, 5.41) is 24.0. The van der Waals surface area contributed by atoms with Crippen molar-refractivity contribution in [1.29, 1.82) is 0 Å². The molecule has 0 fully saturated rings. The van der Waals surface area contributed by atoms with E-state index in [9.17, 15) is 0 Å². The lowest BCUT2D eigenvalue weighted by Gasteiger charge is -2.12. The highest BCUT2D eigenvalue weighted by Gasteiger charge is 2.26. The smallest absolute Gasteiger partial charge is 0.160 e. The molecule has 31 rings (SSSR count). The van der Waals surface area contributed by atoms with Crippen molar-refractivity contribution in [1.82, 2.24) is 34.5 Å². The zero-order valence-corrected chi connectivity index (χ0v) is 78.8. The zero-order valence-electron chi connectivity index (χ0n) is 77.1. The van der Waals surface area contributed by atoms with Gasteiger partial charge < -0.3 is 17.8 Å². The van der Waals surface area contributed by atoms with Crippen molar-refractivity contribution in [3.63, 3.8) is 0 Å². The van der Waals surface area contributed by atoms with Crippen molar-refractivity contribution >= 4 is 216 Å². The minimum absolute atomic E-state index is 0.678. The average Bonchev–Trinajstić information content (AvgIpc) is 1.58. The molecule has 31 aromatic rings. The van der Waals surface area contributed by atoms with Crippen LogP contribution in [0.25, 0.3) is 300 Å². The Morgan fingerprint density at radius 1 is 0.181 bits per heavy atom. The van der Waals surface area contributed by atoms with Gasteiger partial charge >= 0.3 is 0 Å². The molecule has 0 atom stereocenters. The van der Waals surface area contributed by atoms with Gasteiger partial charge in [-0.25, -0.2) is 29.9 Å². The van der Waals surface area contributed by atoms with Crippen molar-refractivity contribution in [3.05, 3.63) is 467 Å². The molecule has 0 spiro atoms. The SMILES string of the molecule is c1ccc(-c2nc(-c3ccc(-c4ccc5sc6ccccc6c5c4)cc3)nc3c2ccc2oc4c5ccccc5ccc4c23)cc1.c1ccc(-c2nc(-c3cccc(-c4ccc5c(c4)c4ccccc4n5-c4ccccc4)c3)nc3c2ccc2oc4c5ccccc5ccc4c23)cc1.c1ccc(-c2nc(-c3cccc(-c4ccc5oc6ccccc6c5c4)c3)nc3c2ccc2sc4c5ccccc5ccc4c23)cc1. The Morgan fingerprint density at radius 3 is 1.16 bits per heavy atom. The molecular weight excluding hydrogens is 1800 g/mol. The van der Waals surface area contributed by atoms with Crippen LogP contribution in [-0.2, 0) is 0 Å². The van der Waals surface area contributed by atoms with Gasteiger partial charge in [-0.1, -0.05) is 340 Å². The number of para-hydroxylation sites is 3. The summed E-state index contributed by atoms with van der Waals surface area (Å²) in [4.78, 5) is 31.7. The minimum atomic E-state index is 0.678. The highest BCUT2D eigenvalue weighted by molar-refractivity contribution is 7.27. The first-order valence-corrected chi connectivity index (χ1v) is 50.0. The van der Waals surface area contributed by atoms with Crippen LogP contribution in [-0.4, -0.2) is 34.5 Å². The highest BCUT2D eigenvalue weighted by Crippen LogP contribution is 2.49. The molecule has 9 heterocycles. The Hall–Kier alpha value is -18.7. The van der Waals surface area contributed by atoms with Gasteiger partial charge in [-0.3, -0.25) is 0 Å². The van der Waals surface area contributed by atoms with E-state index >= 15 is 0 Å². The summed E-state index contributed by atoms with van der Waals surface area (Å²) in [6, 6.07) is 164. The molecule has 0 aliphatic rings. The summed E-state index contributed by atoms with van der Waals surface area (Å²) in [6.45, 7) is 0. The Bertz CT molecular complexity index is 10700. The number of benzene rings is 22. The summed E-state index contributed by atoms with van der Waals surface area (Å²) < 4.78 is 26.7. The van der Waals surface area contributed by atoms with E-state index in [1.165, 1.54) is 84.0 Å². The number of thiophene rings is 2. The number of rotatable bonds is 10. The van der Waals surface area contributed by atoms with Gasteiger partial charge in [0, 0.05) is 139 Å². The lowest BCUT2D eigenvalue weighted by Crippen LogP contribution is -1.96.